The number of aromatic nitrogens is 4. The summed E-state index contributed by atoms with van der Waals surface area (Å²) in [7, 11) is 0. The molecule has 2 aliphatic heterocycles. The molecule has 0 aliphatic carbocycles. The van der Waals surface area contributed by atoms with Crippen LogP contribution in [0.25, 0.3) is 28.0 Å². The SMILES string of the molecule is CC(=O)c1c(C2C[C@H]3CC[C@@H](C2)N3C(=O)C(C)O)nc2c(-c3ccc(-c4ccc(F)cc4)nc3)cnn2c1N. The fourth-order valence-corrected chi connectivity index (χ4v) is 6.21. The van der Waals surface area contributed by atoms with Crippen molar-refractivity contribution >= 4 is 23.2 Å². The molecule has 39 heavy (non-hydrogen) atoms. The van der Waals surface area contributed by atoms with Gasteiger partial charge in [0.1, 0.15) is 17.7 Å². The van der Waals surface area contributed by atoms with Crippen LogP contribution in [-0.4, -0.2) is 59.5 Å². The molecule has 0 spiro atoms. The molecule has 2 unspecified atom stereocenters. The number of anilines is 1. The van der Waals surface area contributed by atoms with Crippen molar-refractivity contribution in [1.29, 1.82) is 0 Å². The number of nitrogens with zero attached hydrogens (tertiary/aromatic N) is 5. The molecule has 0 radical (unpaired) electrons. The van der Waals surface area contributed by atoms with Crippen LogP contribution in [-0.2, 0) is 4.79 Å². The van der Waals surface area contributed by atoms with Crippen LogP contribution in [0.15, 0.2) is 48.8 Å². The quantitative estimate of drug-likeness (QED) is 0.375. The zero-order valence-electron chi connectivity index (χ0n) is 21.7. The summed E-state index contributed by atoms with van der Waals surface area (Å²) in [6.45, 7) is 2.98. The van der Waals surface area contributed by atoms with Gasteiger partial charge in [-0.25, -0.2) is 9.37 Å². The predicted molar refractivity (Wildman–Crippen MR) is 143 cm³/mol. The minimum absolute atomic E-state index is 0.0116. The first kappa shape index (κ1) is 25.1. The molecule has 1 amide bonds. The normalized spacial score (nSPS) is 21.3. The second-order valence-corrected chi connectivity index (χ2v) is 10.5. The number of aliphatic hydroxyl groups excluding tert-OH is 1. The van der Waals surface area contributed by atoms with Crippen molar-refractivity contribution < 1.29 is 19.1 Å². The van der Waals surface area contributed by atoms with E-state index in [0.29, 0.717) is 35.4 Å². The van der Waals surface area contributed by atoms with Crippen molar-refractivity contribution in [2.75, 3.05) is 5.73 Å². The Kier molecular flexibility index (Phi) is 6.14. The summed E-state index contributed by atoms with van der Waals surface area (Å²) in [5.74, 6) is -0.563. The van der Waals surface area contributed by atoms with Gasteiger partial charge in [0.15, 0.2) is 11.4 Å². The standard InChI is InChI=1S/C29H29FN6O3/c1-15(37)25-26(19-11-21-8-9-22(12-19)35(21)29(39)16(2)38)34-28-23(14-33-36(28)27(25)31)18-5-10-24(32-13-18)17-3-6-20(30)7-4-17/h3-7,10,13-14,16,19,21-22,38H,8-9,11-12,31H2,1-2H3/t16?,19?,21-,22+. The number of benzene rings is 1. The number of nitrogens with two attached hydrogens (primary N) is 1. The summed E-state index contributed by atoms with van der Waals surface area (Å²) in [6, 6.07) is 9.88. The fraction of sp³-hybridized carbons (Fsp3) is 0.345. The first-order valence-electron chi connectivity index (χ1n) is 13.1. The van der Waals surface area contributed by atoms with Gasteiger partial charge in [-0.3, -0.25) is 14.6 Å². The summed E-state index contributed by atoms with van der Waals surface area (Å²) in [5, 5.41) is 14.3. The van der Waals surface area contributed by atoms with E-state index < -0.39 is 6.10 Å². The van der Waals surface area contributed by atoms with E-state index in [4.69, 9.17) is 10.7 Å². The van der Waals surface area contributed by atoms with Crippen LogP contribution >= 0.6 is 0 Å². The highest BCUT2D eigenvalue weighted by atomic mass is 19.1. The van der Waals surface area contributed by atoms with E-state index in [1.165, 1.54) is 30.5 Å². The van der Waals surface area contributed by atoms with E-state index in [-0.39, 0.29) is 41.3 Å². The van der Waals surface area contributed by atoms with E-state index in [2.05, 4.69) is 10.1 Å². The van der Waals surface area contributed by atoms with Gasteiger partial charge in [0, 0.05) is 40.9 Å². The van der Waals surface area contributed by atoms with Gasteiger partial charge in [-0.05, 0) is 69.9 Å². The maximum absolute atomic E-state index is 13.3. The molecular weight excluding hydrogens is 499 g/mol. The smallest absolute Gasteiger partial charge is 0.251 e. The zero-order chi connectivity index (χ0) is 27.4. The van der Waals surface area contributed by atoms with Crippen molar-refractivity contribution in [2.24, 2.45) is 0 Å². The lowest BCUT2D eigenvalue weighted by Gasteiger charge is -2.39. The predicted octanol–water partition coefficient (Wildman–Crippen LogP) is 4.00. The van der Waals surface area contributed by atoms with Crippen molar-refractivity contribution in [1.82, 2.24) is 24.5 Å². The Morgan fingerprint density at radius 2 is 1.72 bits per heavy atom. The number of hydrogen-bond donors (Lipinski definition) is 2. The highest BCUT2D eigenvalue weighted by Crippen LogP contribution is 2.44. The number of fused-ring (bicyclic) bond motifs is 3. The van der Waals surface area contributed by atoms with Gasteiger partial charge < -0.3 is 15.7 Å². The number of halogens is 1. The summed E-state index contributed by atoms with van der Waals surface area (Å²) in [6.07, 6.45) is 5.35. The molecule has 4 atom stereocenters. The molecule has 4 aromatic rings. The largest absolute Gasteiger partial charge is 0.384 e. The number of pyridine rings is 1. The molecule has 2 bridgehead atoms. The third-order valence-corrected chi connectivity index (χ3v) is 8.01. The first-order chi connectivity index (χ1) is 18.7. The Labute approximate surface area is 224 Å². The van der Waals surface area contributed by atoms with Crippen LogP contribution < -0.4 is 5.73 Å². The first-order valence-corrected chi connectivity index (χ1v) is 13.1. The monoisotopic (exact) mass is 528 g/mol. The molecule has 9 nitrogen and oxygen atoms in total. The molecule has 6 rings (SSSR count). The topological polar surface area (TPSA) is 127 Å². The van der Waals surface area contributed by atoms with Gasteiger partial charge in [-0.15, -0.1) is 0 Å². The number of carbonyl (C=O) groups excluding carboxylic acids is 2. The maximum Gasteiger partial charge on any atom is 0.251 e. The van der Waals surface area contributed by atoms with Crippen molar-refractivity contribution in [3.63, 3.8) is 0 Å². The molecule has 2 aliphatic rings. The number of nitrogen functional groups attached to an aromatic ring is 1. The Hall–Kier alpha value is -4.18. The van der Waals surface area contributed by atoms with Crippen LogP contribution in [0.5, 0.6) is 0 Å². The third-order valence-electron chi connectivity index (χ3n) is 8.01. The van der Waals surface area contributed by atoms with Gasteiger partial charge in [0.2, 0.25) is 0 Å². The number of hydrogen-bond acceptors (Lipinski definition) is 7. The number of aliphatic hydroxyl groups is 1. The minimum Gasteiger partial charge on any atom is -0.384 e. The van der Waals surface area contributed by atoms with Crippen LogP contribution in [0.1, 0.15) is 61.5 Å². The van der Waals surface area contributed by atoms with Gasteiger partial charge >= 0.3 is 0 Å². The Bertz CT molecular complexity index is 1570. The van der Waals surface area contributed by atoms with Gasteiger partial charge in [-0.2, -0.15) is 9.61 Å². The molecule has 200 valence electrons. The summed E-state index contributed by atoms with van der Waals surface area (Å²) >= 11 is 0. The Balaban J connectivity index is 1.39. The molecular formula is C29H29FN6O3. The van der Waals surface area contributed by atoms with E-state index in [0.717, 1.165) is 29.5 Å². The third kappa shape index (κ3) is 4.24. The van der Waals surface area contributed by atoms with Gasteiger partial charge in [0.25, 0.3) is 5.91 Å². The highest BCUT2D eigenvalue weighted by molar-refractivity contribution is 6.00. The molecule has 5 heterocycles. The van der Waals surface area contributed by atoms with E-state index >= 15 is 0 Å². The van der Waals surface area contributed by atoms with E-state index in [9.17, 15) is 19.1 Å². The number of piperidine rings is 1. The van der Waals surface area contributed by atoms with Crippen LogP contribution in [0.4, 0.5) is 10.2 Å². The second kappa shape index (κ2) is 9.53. The van der Waals surface area contributed by atoms with E-state index in [1.54, 1.807) is 24.5 Å². The van der Waals surface area contributed by atoms with Gasteiger partial charge in [-0.1, -0.05) is 6.07 Å². The summed E-state index contributed by atoms with van der Waals surface area (Å²) in [5.41, 5.74) is 11.1. The number of ketones is 1. The fourth-order valence-electron chi connectivity index (χ4n) is 6.21. The molecule has 3 aromatic heterocycles. The lowest BCUT2D eigenvalue weighted by molar-refractivity contribution is -0.144. The molecule has 2 saturated heterocycles. The molecule has 0 saturated carbocycles. The number of Topliss-reactive ketones (excluding diaryl/α,β-unsaturated/α-hetero) is 1. The average molecular weight is 529 g/mol. The summed E-state index contributed by atoms with van der Waals surface area (Å²) < 4.78 is 14.8. The zero-order valence-corrected chi connectivity index (χ0v) is 21.7. The Morgan fingerprint density at radius 3 is 2.31 bits per heavy atom. The van der Waals surface area contributed by atoms with E-state index in [1.807, 2.05) is 17.0 Å². The van der Waals surface area contributed by atoms with Crippen molar-refractivity contribution in [2.45, 2.75) is 63.6 Å². The molecule has 10 heteroatoms. The minimum atomic E-state index is -1.04. The van der Waals surface area contributed by atoms with Crippen LogP contribution in [0.2, 0.25) is 0 Å². The molecule has 3 N–H and O–H groups in total. The summed E-state index contributed by atoms with van der Waals surface area (Å²) in [4.78, 5) is 36.8. The Morgan fingerprint density at radius 1 is 1.05 bits per heavy atom. The second-order valence-electron chi connectivity index (χ2n) is 10.5. The highest BCUT2D eigenvalue weighted by Gasteiger charge is 2.45. The molecule has 1 aromatic carbocycles. The lowest BCUT2D eigenvalue weighted by Crippen LogP contribution is -2.49. The average Bonchev–Trinajstić information content (AvgIpc) is 3.46. The van der Waals surface area contributed by atoms with Crippen LogP contribution in [0, 0.1) is 5.82 Å². The van der Waals surface area contributed by atoms with Crippen molar-refractivity contribution in [3.8, 4) is 22.4 Å². The number of carbonyl (C=O) groups is 2. The molecule has 2 fully saturated rings. The van der Waals surface area contributed by atoms with Gasteiger partial charge in [0.05, 0.1) is 23.1 Å². The lowest BCUT2D eigenvalue weighted by atomic mass is 9.85. The maximum atomic E-state index is 13.3. The van der Waals surface area contributed by atoms with Crippen molar-refractivity contribution in [3.05, 3.63) is 65.9 Å². The number of amides is 1. The number of rotatable bonds is 5. The van der Waals surface area contributed by atoms with Crippen LogP contribution in [0.3, 0.4) is 0 Å².